The van der Waals surface area contributed by atoms with Crippen molar-refractivity contribution in [2.45, 2.75) is 31.8 Å². The first-order chi connectivity index (χ1) is 5.25. The Morgan fingerprint density at radius 3 is 2.64 bits per heavy atom. The van der Waals surface area contributed by atoms with Crippen LogP contribution >= 0.6 is 18.4 Å². The minimum Gasteiger partial charge on any atom is -0.341 e. The van der Waals surface area contributed by atoms with Crippen molar-refractivity contribution in [1.29, 1.82) is 0 Å². The maximum absolute atomic E-state index is 5.63. The topological polar surface area (TPSA) is 9.23 Å². The Morgan fingerprint density at radius 2 is 2.18 bits per heavy atom. The van der Waals surface area contributed by atoms with Gasteiger partial charge in [0.25, 0.3) is 0 Å². The summed E-state index contributed by atoms with van der Waals surface area (Å²) in [6.07, 6.45) is 4.77. The monoisotopic (exact) mass is 208 g/mol. The van der Waals surface area contributed by atoms with Crippen LogP contribution in [0.15, 0.2) is 0 Å². The molecule has 0 amide bonds. The van der Waals surface area contributed by atoms with E-state index in [9.17, 15) is 0 Å². The highest BCUT2D eigenvalue weighted by Gasteiger charge is 2.40. The Hall–Kier alpha value is 0.960. The fourth-order valence-corrected chi connectivity index (χ4v) is 3.78. The maximum atomic E-state index is 5.63. The van der Waals surface area contributed by atoms with Gasteiger partial charge in [0.2, 0.25) is 0 Å². The summed E-state index contributed by atoms with van der Waals surface area (Å²) >= 11 is 9.14. The highest BCUT2D eigenvalue weighted by molar-refractivity contribution is 8.54. The summed E-state index contributed by atoms with van der Waals surface area (Å²) in [4.78, 5) is 0. The number of fused-ring (bicyclic) bond motifs is 2. The molecule has 2 saturated carbocycles. The molecule has 0 aromatic rings. The molecule has 2 rings (SSSR count). The predicted octanol–water partition coefficient (Wildman–Crippen LogP) is 2.63. The summed E-state index contributed by atoms with van der Waals surface area (Å²) in [6.45, 7) is 0. The molecule has 2 fully saturated rings. The Labute approximate surface area is 78.6 Å². The standard InChI is InChI=1S/C7H13OPS2/c10-9(11)8-7-4-5-1-2-6(7)3-5/h5-7,9H,1-4H2,(H,10,11). The third-order valence-electron chi connectivity index (χ3n) is 2.93. The second-order valence-corrected chi connectivity index (χ2v) is 7.60. The van der Waals surface area contributed by atoms with Crippen molar-refractivity contribution in [3.8, 4) is 0 Å². The van der Waals surface area contributed by atoms with Gasteiger partial charge in [-0.25, -0.2) is 0 Å². The zero-order valence-corrected chi connectivity index (χ0v) is 9.04. The first-order valence-corrected chi connectivity index (χ1v) is 7.98. The van der Waals surface area contributed by atoms with Crippen LogP contribution in [-0.2, 0) is 16.3 Å². The molecule has 0 radical (unpaired) electrons. The van der Waals surface area contributed by atoms with Crippen LogP contribution in [0.3, 0.4) is 0 Å². The molecule has 4 atom stereocenters. The molecule has 0 saturated heterocycles. The largest absolute Gasteiger partial charge is 0.341 e. The van der Waals surface area contributed by atoms with Crippen molar-refractivity contribution in [2.24, 2.45) is 11.8 Å². The number of hydrogen-bond acceptors (Lipinski definition) is 2. The molecule has 0 spiro atoms. The van der Waals surface area contributed by atoms with E-state index in [4.69, 9.17) is 16.3 Å². The van der Waals surface area contributed by atoms with Crippen molar-refractivity contribution in [2.75, 3.05) is 0 Å². The van der Waals surface area contributed by atoms with Gasteiger partial charge in [-0.3, -0.25) is 0 Å². The van der Waals surface area contributed by atoms with Gasteiger partial charge in [-0.1, -0.05) is 11.8 Å². The van der Waals surface area contributed by atoms with E-state index >= 15 is 0 Å². The molecule has 0 heterocycles. The van der Waals surface area contributed by atoms with E-state index in [0.29, 0.717) is 6.10 Å². The van der Waals surface area contributed by atoms with E-state index in [0.717, 1.165) is 11.8 Å². The number of hydrogen-bond donors (Lipinski definition) is 1. The van der Waals surface area contributed by atoms with E-state index in [1.807, 2.05) is 0 Å². The lowest BCUT2D eigenvalue weighted by atomic mass is 9.98. The van der Waals surface area contributed by atoms with Gasteiger partial charge in [0.15, 0.2) is 0 Å². The second-order valence-electron chi connectivity index (χ2n) is 3.60. The minimum absolute atomic E-state index is 0.484. The smallest absolute Gasteiger partial charge is 0.105 e. The quantitative estimate of drug-likeness (QED) is 0.552. The van der Waals surface area contributed by atoms with Crippen molar-refractivity contribution in [1.82, 2.24) is 0 Å². The van der Waals surface area contributed by atoms with Crippen LogP contribution in [0.25, 0.3) is 0 Å². The minimum atomic E-state index is -1.16. The zero-order valence-electron chi connectivity index (χ0n) is 6.32. The lowest BCUT2D eigenvalue weighted by molar-refractivity contribution is 0.163. The van der Waals surface area contributed by atoms with Gasteiger partial charge >= 0.3 is 0 Å². The van der Waals surface area contributed by atoms with Gasteiger partial charge in [0, 0.05) is 0 Å². The molecule has 2 aliphatic carbocycles. The average Bonchev–Trinajstić information content (AvgIpc) is 2.45. The number of rotatable bonds is 2. The summed E-state index contributed by atoms with van der Waals surface area (Å²) in [6, 6.07) is 0. The van der Waals surface area contributed by atoms with Crippen molar-refractivity contribution in [3.63, 3.8) is 0 Å². The lowest BCUT2D eigenvalue weighted by Crippen LogP contribution is -2.16. The maximum Gasteiger partial charge on any atom is 0.105 e. The van der Waals surface area contributed by atoms with Crippen LogP contribution < -0.4 is 0 Å². The predicted molar refractivity (Wildman–Crippen MR) is 55.0 cm³/mol. The van der Waals surface area contributed by atoms with E-state index in [1.54, 1.807) is 0 Å². The van der Waals surface area contributed by atoms with Crippen LogP contribution in [0.1, 0.15) is 25.7 Å². The summed E-state index contributed by atoms with van der Waals surface area (Å²) in [7, 11) is 0. The third kappa shape index (κ3) is 1.82. The van der Waals surface area contributed by atoms with Gasteiger partial charge in [-0.15, -0.1) is 12.2 Å². The van der Waals surface area contributed by atoms with E-state index in [2.05, 4.69) is 12.2 Å². The third-order valence-corrected chi connectivity index (χ3v) is 4.03. The summed E-state index contributed by atoms with van der Waals surface area (Å²) < 4.78 is 5.63. The molecule has 64 valence electrons. The molecule has 4 unspecified atom stereocenters. The molecular weight excluding hydrogens is 195 g/mol. The molecule has 1 nitrogen and oxygen atoms in total. The zero-order chi connectivity index (χ0) is 7.84. The SMILES string of the molecule is S=[PH](S)OC1CC2CCC1C2. The Bertz CT molecular complexity index is 185. The molecular formula is C7H13OPS2. The van der Waals surface area contributed by atoms with Gasteiger partial charge in [-0.05, 0) is 37.5 Å². The van der Waals surface area contributed by atoms with Crippen LogP contribution in [0.4, 0.5) is 0 Å². The van der Waals surface area contributed by atoms with Crippen molar-refractivity contribution >= 4 is 30.2 Å². The van der Waals surface area contributed by atoms with Gasteiger partial charge in [0.05, 0.1) is 6.10 Å². The highest BCUT2D eigenvalue weighted by atomic mass is 32.9. The molecule has 0 aromatic heterocycles. The van der Waals surface area contributed by atoms with Crippen LogP contribution in [0, 0.1) is 11.8 Å². The lowest BCUT2D eigenvalue weighted by Gasteiger charge is -2.21. The van der Waals surface area contributed by atoms with E-state index in [-0.39, 0.29) is 0 Å². The van der Waals surface area contributed by atoms with Gasteiger partial charge in [0.1, 0.15) is 6.13 Å². The summed E-state index contributed by atoms with van der Waals surface area (Å²) in [5.41, 5.74) is 0. The molecule has 2 aliphatic rings. The van der Waals surface area contributed by atoms with Gasteiger partial charge < -0.3 is 4.52 Å². The molecule has 0 aliphatic heterocycles. The molecule has 0 aromatic carbocycles. The average molecular weight is 208 g/mol. The van der Waals surface area contributed by atoms with Crippen molar-refractivity contribution < 1.29 is 4.52 Å². The summed E-state index contributed by atoms with van der Waals surface area (Å²) in [5, 5.41) is 0. The van der Waals surface area contributed by atoms with Crippen LogP contribution in [0.5, 0.6) is 0 Å². The number of thiol groups is 1. The first-order valence-electron chi connectivity index (χ1n) is 4.15. The normalized spacial score (nSPS) is 44.6. The first kappa shape index (κ1) is 8.55. The van der Waals surface area contributed by atoms with Crippen LogP contribution in [0.2, 0.25) is 0 Å². The molecule has 11 heavy (non-hydrogen) atoms. The van der Waals surface area contributed by atoms with E-state index in [1.165, 1.54) is 25.7 Å². The van der Waals surface area contributed by atoms with Crippen LogP contribution in [-0.4, -0.2) is 6.10 Å². The fourth-order valence-electron chi connectivity index (χ4n) is 2.46. The highest BCUT2D eigenvalue weighted by Crippen LogP contribution is 2.49. The summed E-state index contributed by atoms with van der Waals surface area (Å²) in [5.74, 6) is 1.78. The van der Waals surface area contributed by atoms with Gasteiger partial charge in [-0.2, -0.15) is 0 Å². The Morgan fingerprint density at radius 1 is 1.36 bits per heavy atom. The molecule has 0 N–H and O–H groups in total. The van der Waals surface area contributed by atoms with E-state index < -0.39 is 6.13 Å². The fraction of sp³-hybridized carbons (Fsp3) is 1.00. The second kappa shape index (κ2) is 3.37. The molecule has 2 bridgehead atoms. The van der Waals surface area contributed by atoms with Crippen molar-refractivity contribution in [3.05, 3.63) is 0 Å². The Balaban J connectivity index is 1.92. The molecule has 4 heteroatoms. The Kier molecular flexibility index (Phi) is 2.62.